The standard InChI is InChI=1S/C14H13NO5S2/c1-19-9-4-3-8(5-10(9)20-2)6-11-13(18)15(7-12(16)17)14(21)22-11/h3-6H,7H2,1-2H3,(H,16,17)/b11-6+. The summed E-state index contributed by atoms with van der Waals surface area (Å²) in [6, 6.07) is 5.22. The zero-order chi connectivity index (χ0) is 16.3. The number of hydrogen-bond donors (Lipinski definition) is 1. The van der Waals surface area contributed by atoms with Crippen LogP contribution in [0.25, 0.3) is 6.08 Å². The zero-order valence-corrected chi connectivity index (χ0v) is 13.5. The van der Waals surface area contributed by atoms with Crippen LogP contribution in [0.15, 0.2) is 23.1 Å². The van der Waals surface area contributed by atoms with Gasteiger partial charge in [-0.15, -0.1) is 0 Å². The Morgan fingerprint density at radius 1 is 1.36 bits per heavy atom. The van der Waals surface area contributed by atoms with Crippen LogP contribution in [0.5, 0.6) is 11.5 Å². The summed E-state index contributed by atoms with van der Waals surface area (Å²) < 4.78 is 10.6. The first kappa shape index (κ1) is 16.3. The maximum absolute atomic E-state index is 12.2. The van der Waals surface area contributed by atoms with Gasteiger partial charge < -0.3 is 14.6 Å². The molecule has 8 heteroatoms. The fourth-order valence-corrected chi connectivity index (χ4v) is 3.12. The zero-order valence-electron chi connectivity index (χ0n) is 11.9. The van der Waals surface area contributed by atoms with Gasteiger partial charge in [0.1, 0.15) is 10.9 Å². The van der Waals surface area contributed by atoms with E-state index in [1.807, 2.05) is 0 Å². The number of thioether (sulfide) groups is 1. The minimum Gasteiger partial charge on any atom is -0.493 e. The number of thiocarbonyl (C=S) groups is 1. The summed E-state index contributed by atoms with van der Waals surface area (Å²) in [5.41, 5.74) is 0.730. The van der Waals surface area contributed by atoms with Gasteiger partial charge in [-0.25, -0.2) is 0 Å². The Morgan fingerprint density at radius 3 is 2.64 bits per heavy atom. The lowest BCUT2D eigenvalue weighted by Crippen LogP contribution is -2.33. The third kappa shape index (κ3) is 3.40. The number of aliphatic carboxylic acids is 1. The van der Waals surface area contributed by atoms with Gasteiger partial charge in [-0.1, -0.05) is 30.0 Å². The number of amides is 1. The summed E-state index contributed by atoms with van der Waals surface area (Å²) in [6.07, 6.45) is 1.64. The van der Waals surface area contributed by atoms with Gasteiger partial charge in [0.15, 0.2) is 11.5 Å². The smallest absolute Gasteiger partial charge is 0.323 e. The third-order valence-electron chi connectivity index (χ3n) is 2.87. The topological polar surface area (TPSA) is 76.1 Å². The summed E-state index contributed by atoms with van der Waals surface area (Å²) in [5, 5.41) is 8.80. The first-order chi connectivity index (χ1) is 10.5. The lowest BCUT2D eigenvalue weighted by molar-refractivity contribution is -0.140. The van der Waals surface area contributed by atoms with Crippen LogP contribution in [0.3, 0.4) is 0 Å². The summed E-state index contributed by atoms with van der Waals surface area (Å²) >= 11 is 6.11. The van der Waals surface area contributed by atoms with E-state index in [0.29, 0.717) is 16.4 Å². The lowest BCUT2D eigenvalue weighted by Gasteiger charge is -2.10. The van der Waals surface area contributed by atoms with E-state index in [1.165, 1.54) is 14.2 Å². The Bertz CT molecular complexity index is 671. The molecule has 1 fully saturated rings. The number of ether oxygens (including phenoxy) is 2. The van der Waals surface area contributed by atoms with Gasteiger partial charge in [-0.05, 0) is 23.8 Å². The van der Waals surface area contributed by atoms with E-state index in [1.54, 1.807) is 24.3 Å². The molecule has 1 aliphatic heterocycles. The van der Waals surface area contributed by atoms with Crippen molar-refractivity contribution in [2.45, 2.75) is 0 Å². The second-order valence-corrected chi connectivity index (χ2v) is 5.95. The van der Waals surface area contributed by atoms with Crippen LogP contribution in [0.1, 0.15) is 5.56 Å². The molecule has 6 nitrogen and oxygen atoms in total. The van der Waals surface area contributed by atoms with E-state index in [-0.39, 0.29) is 4.32 Å². The Hall–Kier alpha value is -2.06. The molecule has 0 spiro atoms. The molecule has 1 heterocycles. The monoisotopic (exact) mass is 339 g/mol. The van der Waals surface area contributed by atoms with E-state index >= 15 is 0 Å². The number of methoxy groups -OCH3 is 2. The minimum atomic E-state index is -1.11. The normalized spacial score (nSPS) is 16.3. The Labute approximate surface area is 136 Å². The summed E-state index contributed by atoms with van der Waals surface area (Å²) in [6.45, 7) is -0.437. The van der Waals surface area contributed by atoms with Gasteiger partial charge in [0.2, 0.25) is 0 Å². The highest BCUT2D eigenvalue weighted by Crippen LogP contribution is 2.34. The molecule has 22 heavy (non-hydrogen) atoms. The fourth-order valence-electron chi connectivity index (χ4n) is 1.87. The first-order valence-electron chi connectivity index (χ1n) is 6.15. The van der Waals surface area contributed by atoms with Crippen molar-refractivity contribution in [2.24, 2.45) is 0 Å². The second-order valence-electron chi connectivity index (χ2n) is 4.28. The highest BCUT2D eigenvalue weighted by molar-refractivity contribution is 8.26. The molecule has 1 aliphatic rings. The highest BCUT2D eigenvalue weighted by atomic mass is 32.2. The molecule has 0 radical (unpaired) electrons. The van der Waals surface area contributed by atoms with Crippen LogP contribution in [-0.2, 0) is 9.59 Å². The van der Waals surface area contributed by atoms with Gasteiger partial charge >= 0.3 is 5.97 Å². The predicted octanol–water partition coefficient (Wildman–Crippen LogP) is 1.99. The van der Waals surface area contributed by atoms with Gasteiger partial charge in [0.05, 0.1) is 19.1 Å². The molecule has 0 unspecified atom stereocenters. The largest absolute Gasteiger partial charge is 0.493 e. The summed E-state index contributed by atoms with van der Waals surface area (Å²) in [4.78, 5) is 24.4. The summed E-state index contributed by atoms with van der Waals surface area (Å²) in [5.74, 6) is -0.397. The van der Waals surface area contributed by atoms with Gasteiger partial charge in [0, 0.05) is 0 Å². The van der Waals surface area contributed by atoms with Crippen molar-refractivity contribution in [2.75, 3.05) is 20.8 Å². The Kier molecular flexibility index (Phi) is 5.04. The maximum Gasteiger partial charge on any atom is 0.323 e. The SMILES string of the molecule is COc1ccc(/C=C2/SC(=S)N(CC(=O)O)C2=O)cc1OC. The van der Waals surface area contributed by atoms with E-state index in [0.717, 1.165) is 22.2 Å². The molecular formula is C14H13NO5S2. The Balaban J connectivity index is 2.28. The van der Waals surface area contributed by atoms with Gasteiger partial charge in [-0.2, -0.15) is 0 Å². The van der Waals surface area contributed by atoms with Crippen molar-refractivity contribution < 1.29 is 24.2 Å². The van der Waals surface area contributed by atoms with Crippen molar-refractivity contribution in [1.82, 2.24) is 4.90 Å². The molecule has 1 saturated heterocycles. The average Bonchev–Trinajstić information content (AvgIpc) is 2.74. The molecule has 0 atom stereocenters. The predicted molar refractivity (Wildman–Crippen MR) is 87.1 cm³/mol. The van der Waals surface area contributed by atoms with E-state index < -0.39 is 18.4 Å². The van der Waals surface area contributed by atoms with E-state index in [2.05, 4.69) is 0 Å². The Morgan fingerprint density at radius 2 is 2.05 bits per heavy atom. The van der Waals surface area contributed by atoms with Gasteiger partial charge in [-0.3, -0.25) is 14.5 Å². The van der Waals surface area contributed by atoms with Crippen LogP contribution in [0.2, 0.25) is 0 Å². The first-order valence-corrected chi connectivity index (χ1v) is 7.38. The number of carboxylic acids is 1. The quantitative estimate of drug-likeness (QED) is 0.649. The number of carboxylic acid groups (broad SMARTS) is 1. The van der Waals surface area contributed by atoms with Gasteiger partial charge in [0.25, 0.3) is 5.91 Å². The molecule has 1 amide bonds. The van der Waals surface area contributed by atoms with E-state index in [9.17, 15) is 9.59 Å². The fraction of sp³-hybridized carbons (Fsp3) is 0.214. The van der Waals surface area contributed by atoms with Crippen molar-refractivity contribution in [3.05, 3.63) is 28.7 Å². The molecule has 1 N–H and O–H groups in total. The van der Waals surface area contributed by atoms with Crippen LogP contribution in [-0.4, -0.2) is 47.0 Å². The number of rotatable bonds is 5. The molecule has 1 aromatic carbocycles. The number of benzene rings is 1. The van der Waals surface area contributed by atoms with Crippen molar-refractivity contribution in [3.63, 3.8) is 0 Å². The molecular weight excluding hydrogens is 326 g/mol. The molecule has 116 valence electrons. The summed E-state index contributed by atoms with van der Waals surface area (Å²) in [7, 11) is 3.06. The number of carbonyl (C=O) groups is 2. The molecule has 0 bridgehead atoms. The molecule has 0 aliphatic carbocycles. The number of carbonyl (C=O) groups excluding carboxylic acids is 1. The van der Waals surface area contributed by atoms with Crippen LogP contribution in [0, 0.1) is 0 Å². The molecule has 0 aromatic heterocycles. The highest BCUT2D eigenvalue weighted by Gasteiger charge is 2.33. The minimum absolute atomic E-state index is 0.235. The van der Waals surface area contributed by atoms with Crippen LogP contribution >= 0.6 is 24.0 Å². The molecule has 2 rings (SSSR count). The number of hydrogen-bond acceptors (Lipinski definition) is 6. The lowest BCUT2D eigenvalue weighted by atomic mass is 10.2. The van der Waals surface area contributed by atoms with E-state index in [4.69, 9.17) is 26.8 Å². The van der Waals surface area contributed by atoms with Crippen LogP contribution in [0.4, 0.5) is 0 Å². The second kappa shape index (κ2) is 6.80. The average molecular weight is 339 g/mol. The third-order valence-corrected chi connectivity index (χ3v) is 4.25. The number of nitrogens with zero attached hydrogens (tertiary/aromatic N) is 1. The van der Waals surface area contributed by atoms with Crippen LogP contribution < -0.4 is 9.47 Å². The van der Waals surface area contributed by atoms with Crippen molar-refractivity contribution in [3.8, 4) is 11.5 Å². The molecule has 0 saturated carbocycles. The van der Waals surface area contributed by atoms with Crippen molar-refractivity contribution in [1.29, 1.82) is 0 Å². The van der Waals surface area contributed by atoms with Crippen molar-refractivity contribution >= 4 is 46.3 Å². The maximum atomic E-state index is 12.2. The molecule has 1 aromatic rings.